The summed E-state index contributed by atoms with van der Waals surface area (Å²) in [4.78, 5) is 17.4. The van der Waals surface area contributed by atoms with E-state index in [2.05, 4.69) is 21.7 Å². The third-order valence-electron chi connectivity index (χ3n) is 6.54. The number of unbranched alkanes of at least 4 members (excludes halogenated alkanes) is 1. The molecular formula is C27H31N5O6S. The molecule has 12 heteroatoms. The zero-order valence-corrected chi connectivity index (χ0v) is 22.6. The fourth-order valence-corrected chi connectivity index (χ4v) is 5.88. The molecule has 0 saturated carbocycles. The Morgan fingerprint density at radius 3 is 2.64 bits per heavy atom. The van der Waals surface area contributed by atoms with E-state index in [4.69, 9.17) is 18.9 Å². The lowest BCUT2D eigenvalue weighted by Gasteiger charge is -2.26. The molecular weight excluding hydrogens is 522 g/mol. The molecule has 39 heavy (non-hydrogen) atoms. The number of carbonyl (C=O) groups excluding carboxylic acids is 1. The zero-order chi connectivity index (χ0) is 27.2. The zero-order valence-electron chi connectivity index (χ0n) is 21.8. The fourth-order valence-electron chi connectivity index (χ4n) is 4.45. The van der Waals surface area contributed by atoms with Gasteiger partial charge in [0.05, 0.1) is 35.6 Å². The molecule has 1 saturated heterocycles. The number of imidazole rings is 1. The Balaban J connectivity index is 1.26. The van der Waals surface area contributed by atoms with E-state index in [9.17, 15) is 13.2 Å². The van der Waals surface area contributed by atoms with Crippen LogP contribution in [0.25, 0.3) is 22.5 Å². The second kappa shape index (κ2) is 12.1. The molecule has 0 bridgehead atoms. The monoisotopic (exact) mass is 553 g/mol. The van der Waals surface area contributed by atoms with Crippen molar-refractivity contribution in [2.45, 2.75) is 50.7 Å². The molecule has 0 N–H and O–H groups in total. The minimum Gasteiger partial charge on any atom is -0.456 e. The van der Waals surface area contributed by atoms with Crippen molar-refractivity contribution < 1.29 is 27.1 Å². The van der Waals surface area contributed by atoms with Gasteiger partial charge in [-0.3, -0.25) is 4.79 Å². The van der Waals surface area contributed by atoms with Crippen LogP contribution in [0.3, 0.4) is 0 Å². The smallest absolute Gasteiger partial charge is 0.306 e. The van der Waals surface area contributed by atoms with Crippen molar-refractivity contribution in [1.82, 2.24) is 24.1 Å². The predicted octanol–water partition coefficient (Wildman–Crippen LogP) is 3.58. The third kappa shape index (κ3) is 6.18. The number of esters is 1. The maximum Gasteiger partial charge on any atom is 0.306 e. The summed E-state index contributed by atoms with van der Waals surface area (Å²) in [5.41, 5.74) is 2.21. The van der Waals surface area contributed by atoms with Gasteiger partial charge in [0.25, 0.3) is 5.89 Å². The average Bonchev–Trinajstić information content (AvgIpc) is 3.59. The van der Waals surface area contributed by atoms with E-state index in [1.54, 1.807) is 18.2 Å². The van der Waals surface area contributed by atoms with Crippen LogP contribution in [0.1, 0.15) is 37.9 Å². The van der Waals surface area contributed by atoms with Gasteiger partial charge in [-0.2, -0.15) is 4.31 Å². The third-order valence-corrected chi connectivity index (χ3v) is 8.43. The molecule has 206 valence electrons. The molecule has 3 heterocycles. The number of sulfonamides is 1. The van der Waals surface area contributed by atoms with Crippen LogP contribution in [0, 0.1) is 0 Å². The first-order valence-electron chi connectivity index (χ1n) is 13.1. The highest BCUT2D eigenvalue weighted by molar-refractivity contribution is 7.89. The molecule has 2 aromatic carbocycles. The van der Waals surface area contributed by atoms with E-state index < -0.39 is 16.0 Å². The normalized spacial score (nSPS) is 14.6. The van der Waals surface area contributed by atoms with Crippen LogP contribution in [0.4, 0.5) is 0 Å². The van der Waals surface area contributed by atoms with Gasteiger partial charge in [0.2, 0.25) is 15.9 Å². The second-order valence-electron chi connectivity index (χ2n) is 9.23. The Hall–Kier alpha value is -3.61. The lowest BCUT2D eigenvalue weighted by atomic mass is 10.2. The number of rotatable bonds is 11. The minimum atomic E-state index is -3.64. The van der Waals surface area contributed by atoms with E-state index in [0.717, 1.165) is 30.5 Å². The minimum absolute atomic E-state index is 0.105. The van der Waals surface area contributed by atoms with E-state index in [1.165, 1.54) is 4.31 Å². The first kappa shape index (κ1) is 27.0. The van der Waals surface area contributed by atoms with Gasteiger partial charge in [-0.25, -0.2) is 13.4 Å². The number of nitrogens with zero attached hydrogens (tertiary/aromatic N) is 5. The summed E-state index contributed by atoms with van der Waals surface area (Å²) >= 11 is 0. The standard InChI is InChI=1S/C27H31N5O6S/c1-2-3-13-32-23-10-9-21(39(34,35)31-14-16-36-17-15-31)18-22(23)28-24(32)11-12-26(33)37-19-25-29-30-27(38-25)20-7-5-4-6-8-20/h4-10,18H,2-3,11-17,19H2,1H3. The van der Waals surface area contributed by atoms with Crippen LogP contribution >= 0.6 is 0 Å². The number of hydrogen-bond donors (Lipinski definition) is 0. The predicted molar refractivity (Wildman–Crippen MR) is 142 cm³/mol. The number of aryl methyl sites for hydroxylation is 2. The maximum atomic E-state index is 13.1. The number of benzene rings is 2. The Morgan fingerprint density at radius 2 is 1.87 bits per heavy atom. The van der Waals surface area contributed by atoms with Crippen molar-refractivity contribution in [1.29, 1.82) is 0 Å². The molecule has 0 unspecified atom stereocenters. The number of carbonyl (C=O) groups is 1. The summed E-state index contributed by atoms with van der Waals surface area (Å²) in [7, 11) is -3.64. The Labute approximate surface area is 226 Å². The van der Waals surface area contributed by atoms with Gasteiger partial charge in [0.1, 0.15) is 5.82 Å². The lowest BCUT2D eigenvalue weighted by Crippen LogP contribution is -2.40. The van der Waals surface area contributed by atoms with E-state index in [0.29, 0.717) is 50.0 Å². The molecule has 0 aliphatic carbocycles. The van der Waals surface area contributed by atoms with E-state index >= 15 is 0 Å². The summed E-state index contributed by atoms with van der Waals surface area (Å²) < 4.78 is 46.0. The van der Waals surface area contributed by atoms with Crippen molar-refractivity contribution in [3.63, 3.8) is 0 Å². The van der Waals surface area contributed by atoms with Gasteiger partial charge in [-0.15, -0.1) is 10.2 Å². The second-order valence-corrected chi connectivity index (χ2v) is 11.2. The average molecular weight is 554 g/mol. The lowest BCUT2D eigenvalue weighted by molar-refractivity contribution is -0.145. The van der Waals surface area contributed by atoms with Crippen LogP contribution in [0.15, 0.2) is 57.8 Å². The van der Waals surface area contributed by atoms with Gasteiger partial charge >= 0.3 is 5.97 Å². The van der Waals surface area contributed by atoms with Gasteiger partial charge in [-0.1, -0.05) is 31.5 Å². The number of fused-ring (bicyclic) bond motifs is 1. The van der Waals surface area contributed by atoms with Crippen molar-refractivity contribution in [2.24, 2.45) is 0 Å². The molecule has 0 amide bonds. The highest BCUT2D eigenvalue weighted by atomic mass is 32.2. The fraction of sp³-hybridized carbons (Fsp3) is 0.407. The molecule has 11 nitrogen and oxygen atoms in total. The van der Waals surface area contributed by atoms with Gasteiger partial charge in [-0.05, 0) is 36.8 Å². The highest BCUT2D eigenvalue weighted by Crippen LogP contribution is 2.25. The first-order valence-corrected chi connectivity index (χ1v) is 14.5. The summed E-state index contributed by atoms with van der Waals surface area (Å²) in [6.07, 6.45) is 2.37. The summed E-state index contributed by atoms with van der Waals surface area (Å²) in [5, 5.41) is 7.95. The summed E-state index contributed by atoms with van der Waals surface area (Å²) in [6.45, 7) is 4.13. The molecule has 1 aliphatic heterocycles. The molecule has 0 atom stereocenters. The van der Waals surface area contributed by atoms with Crippen molar-refractivity contribution in [2.75, 3.05) is 26.3 Å². The summed E-state index contributed by atoms with van der Waals surface area (Å²) in [5.74, 6) is 0.868. The Morgan fingerprint density at radius 1 is 1.08 bits per heavy atom. The SMILES string of the molecule is CCCCn1c(CCC(=O)OCc2nnc(-c3ccccc3)o2)nc2cc(S(=O)(=O)N3CCOCC3)ccc21. The van der Waals surface area contributed by atoms with Crippen molar-refractivity contribution in [3.05, 3.63) is 60.2 Å². The molecule has 4 aromatic rings. The maximum absolute atomic E-state index is 13.1. The van der Waals surface area contributed by atoms with Crippen LogP contribution in [0.2, 0.25) is 0 Å². The molecule has 2 aromatic heterocycles. The molecule has 5 rings (SSSR count). The molecule has 1 aliphatic rings. The number of hydrogen-bond acceptors (Lipinski definition) is 9. The van der Waals surface area contributed by atoms with E-state index in [-0.39, 0.29) is 23.8 Å². The van der Waals surface area contributed by atoms with Crippen LogP contribution in [0.5, 0.6) is 0 Å². The molecule has 0 radical (unpaired) electrons. The van der Waals surface area contributed by atoms with Crippen molar-refractivity contribution >= 4 is 27.0 Å². The van der Waals surface area contributed by atoms with Crippen LogP contribution < -0.4 is 0 Å². The topological polar surface area (TPSA) is 130 Å². The van der Waals surface area contributed by atoms with Gasteiger partial charge < -0.3 is 18.5 Å². The quantitative estimate of drug-likeness (QED) is 0.256. The first-order chi connectivity index (χ1) is 19.0. The van der Waals surface area contributed by atoms with Crippen LogP contribution in [-0.4, -0.2) is 64.7 Å². The van der Waals surface area contributed by atoms with Crippen LogP contribution in [-0.2, 0) is 43.9 Å². The molecule has 0 spiro atoms. The number of ether oxygens (including phenoxy) is 2. The van der Waals surface area contributed by atoms with Crippen molar-refractivity contribution in [3.8, 4) is 11.5 Å². The summed E-state index contributed by atoms with van der Waals surface area (Å²) in [6, 6.07) is 14.4. The van der Waals surface area contributed by atoms with Gasteiger partial charge in [0, 0.05) is 31.6 Å². The molecule has 1 fully saturated rings. The number of aromatic nitrogens is 4. The number of morpholine rings is 1. The largest absolute Gasteiger partial charge is 0.456 e. The van der Waals surface area contributed by atoms with E-state index in [1.807, 2.05) is 30.3 Å². The Kier molecular flexibility index (Phi) is 8.34. The highest BCUT2D eigenvalue weighted by Gasteiger charge is 2.27. The Bertz CT molecular complexity index is 1530. The van der Waals surface area contributed by atoms with Gasteiger partial charge in [0.15, 0.2) is 6.61 Å².